The Bertz CT molecular complexity index is 345. The number of aryl methyl sites for hydroxylation is 1. The molecule has 0 aliphatic carbocycles. The van der Waals surface area contributed by atoms with Gasteiger partial charge < -0.3 is 10.4 Å². The zero-order valence-electron chi connectivity index (χ0n) is 8.75. The third kappa shape index (κ3) is 3.04. The molecule has 1 aromatic rings. The molecule has 1 aromatic carbocycles. The highest BCUT2D eigenvalue weighted by Gasteiger charge is 2.14. The van der Waals surface area contributed by atoms with Crippen molar-refractivity contribution in [2.24, 2.45) is 0 Å². The quantitative estimate of drug-likeness (QED) is 0.882. The number of carbonyl (C=O) groups excluding carboxylic acids is 1. The number of rotatable bonds is 3. The van der Waals surface area contributed by atoms with Crippen molar-refractivity contribution in [1.82, 2.24) is 5.32 Å². The number of nitrogens with one attached hydrogen (secondary N) is 1. The minimum absolute atomic E-state index is 0.0603. The summed E-state index contributed by atoms with van der Waals surface area (Å²) in [4.78, 5) is 11.8. The second kappa shape index (κ2) is 5.28. The number of halogens is 1. The summed E-state index contributed by atoms with van der Waals surface area (Å²) in [5, 5.41) is 11.6. The van der Waals surface area contributed by atoms with Crippen molar-refractivity contribution in [3.63, 3.8) is 0 Å². The Balaban J connectivity index is 2.91. The van der Waals surface area contributed by atoms with E-state index in [4.69, 9.17) is 5.11 Å². The largest absolute Gasteiger partial charge is 0.394 e. The third-order valence-corrected chi connectivity index (χ3v) is 2.76. The van der Waals surface area contributed by atoms with Crippen LogP contribution >= 0.6 is 15.9 Å². The molecule has 3 nitrogen and oxygen atoms in total. The van der Waals surface area contributed by atoms with E-state index in [-0.39, 0.29) is 18.6 Å². The Hall–Kier alpha value is -0.870. The van der Waals surface area contributed by atoms with Crippen molar-refractivity contribution in [3.8, 4) is 0 Å². The van der Waals surface area contributed by atoms with Crippen LogP contribution in [0.15, 0.2) is 22.7 Å². The van der Waals surface area contributed by atoms with E-state index in [0.29, 0.717) is 5.56 Å². The van der Waals surface area contributed by atoms with Gasteiger partial charge >= 0.3 is 0 Å². The molecule has 1 atom stereocenters. The van der Waals surface area contributed by atoms with Gasteiger partial charge in [-0.2, -0.15) is 0 Å². The fraction of sp³-hybridized carbons (Fsp3) is 0.364. The van der Waals surface area contributed by atoms with Crippen LogP contribution in [0.5, 0.6) is 0 Å². The lowest BCUT2D eigenvalue weighted by Crippen LogP contribution is -2.35. The number of amides is 1. The molecule has 0 spiro atoms. The van der Waals surface area contributed by atoms with Gasteiger partial charge in [-0.15, -0.1) is 0 Å². The van der Waals surface area contributed by atoms with Crippen LogP contribution in [0.2, 0.25) is 0 Å². The molecule has 82 valence electrons. The average molecular weight is 272 g/mol. The molecule has 0 saturated carbocycles. The fourth-order valence-corrected chi connectivity index (χ4v) is 1.91. The number of aliphatic hydroxyl groups is 1. The summed E-state index contributed by atoms with van der Waals surface area (Å²) < 4.78 is 0.769. The van der Waals surface area contributed by atoms with Crippen LogP contribution in [0.4, 0.5) is 0 Å². The lowest BCUT2D eigenvalue weighted by atomic mass is 10.1. The lowest BCUT2D eigenvalue weighted by Gasteiger charge is -2.13. The molecule has 2 N–H and O–H groups in total. The maximum atomic E-state index is 11.8. The standard InChI is InChI=1S/C11H14BrNO2/c1-7-4-3-5-9(12)10(7)11(15)13-8(2)6-14/h3-5,8,14H,6H2,1-2H3,(H,13,15)/t8-/m1/s1. The van der Waals surface area contributed by atoms with Crippen molar-refractivity contribution in [1.29, 1.82) is 0 Å². The molecule has 0 unspecified atom stereocenters. The Labute approximate surface area is 97.6 Å². The van der Waals surface area contributed by atoms with Gasteiger partial charge in [0.05, 0.1) is 12.2 Å². The van der Waals surface area contributed by atoms with Crippen LogP contribution < -0.4 is 5.32 Å². The van der Waals surface area contributed by atoms with Crippen molar-refractivity contribution in [3.05, 3.63) is 33.8 Å². The lowest BCUT2D eigenvalue weighted by molar-refractivity contribution is 0.0921. The van der Waals surface area contributed by atoms with Crippen molar-refractivity contribution < 1.29 is 9.90 Å². The van der Waals surface area contributed by atoms with E-state index in [0.717, 1.165) is 10.0 Å². The van der Waals surface area contributed by atoms with Gasteiger partial charge in [0.1, 0.15) is 0 Å². The number of aliphatic hydroxyl groups excluding tert-OH is 1. The van der Waals surface area contributed by atoms with E-state index in [2.05, 4.69) is 21.2 Å². The van der Waals surface area contributed by atoms with Crippen LogP contribution in [0.25, 0.3) is 0 Å². The average Bonchev–Trinajstić information content (AvgIpc) is 2.17. The fourth-order valence-electron chi connectivity index (χ4n) is 1.26. The molecule has 0 radical (unpaired) electrons. The Kier molecular flexibility index (Phi) is 4.29. The predicted molar refractivity (Wildman–Crippen MR) is 62.9 cm³/mol. The number of carbonyl (C=O) groups is 1. The molecule has 1 amide bonds. The van der Waals surface area contributed by atoms with Crippen LogP contribution in [0.3, 0.4) is 0 Å². The Morgan fingerprint density at radius 2 is 2.27 bits per heavy atom. The summed E-state index contributed by atoms with van der Waals surface area (Å²) >= 11 is 3.34. The van der Waals surface area contributed by atoms with Crippen LogP contribution in [-0.2, 0) is 0 Å². The SMILES string of the molecule is Cc1cccc(Br)c1C(=O)N[C@H](C)CO. The van der Waals surface area contributed by atoms with E-state index < -0.39 is 0 Å². The maximum Gasteiger partial charge on any atom is 0.252 e. The number of benzene rings is 1. The van der Waals surface area contributed by atoms with Gasteiger partial charge in [-0.3, -0.25) is 4.79 Å². The highest BCUT2D eigenvalue weighted by molar-refractivity contribution is 9.10. The molecule has 0 heterocycles. The van der Waals surface area contributed by atoms with Gasteiger partial charge in [0.15, 0.2) is 0 Å². The van der Waals surface area contributed by atoms with Gasteiger partial charge in [0.25, 0.3) is 5.91 Å². The molecule has 4 heteroatoms. The van der Waals surface area contributed by atoms with Crippen molar-refractivity contribution >= 4 is 21.8 Å². The van der Waals surface area contributed by atoms with Gasteiger partial charge in [-0.05, 0) is 41.4 Å². The molecule has 0 fully saturated rings. The zero-order chi connectivity index (χ0) is 11.4. The van der Waals surface area contributed by atoms with Crippen molar-refractivity contribution in [2.45, 2.75) is 19.9 Å². The maximum absolute atomic E-state index is 11.8. The van der Waals surface area contributed by atoms with Crippen molar-refractivity contribution in [2.75, 3.05) is 6.61 Å². The molecule has 0 bridgehead atoms. The predicted octanol–water partition coefficient (Wildman–Crippen LogP) is 1.87. The summed E-state index contributed by atoms with van der Waals surface area (Å²) in [6.07, 6.45) is 0. The normalized spacial score (nSPS) is 12.3. The molecular weight excluding hydrogens is 258 g/mol. The molecular formula is C11H14BrNO2. The van der Waals surface area contributed by atoms with Crippen LogP contribution in [0, 0.1) is 6.92 Å². The molecule has 1 rings (SSSR count). The molecule has 0 saturated heterocycles. The molecule has 15 heavy (non-hydrogen) atoms. The highest BCUT2D eigenvalue weighted by atomic mass is 79.9. The first-order chi connectivity index (χ1) is 7.06. The smallest absolute Gasteiger partial charge is 0.252 e. The van der Waals surface area contributed by atoms with Gasteiger partial charge in [0, 0.05) is 10.5 Å². The van der Waals surface area contributed by atoms with Gasteiger partial charge in [-0.1, -0.05) is 12.1 Å². The number of hydrogen-bond donors (Lipinski definition) is 2. The van der Waals surface area contributed by atoms with E-state index in [1.54, 1.807) is 6.92 Å². The summed E-state index contributed by atoms with van der Waals surface area (Å²) in [5.41, 5.74) is 1.53. The first kappa shape index (κ1) is 12.2. The van der Waals surface area contributed by atoms with E-state index in [1.807, 2.05) is 25.1 Å². The molecule has 0 aromatic heterocycles. The van der Waals surface area contributed by atoms with Crippen LogP contribution in [0.1, 0.15) is 22.8 Å². The second-order valence-corrected chi connectivity index (χ2v) is 4.34. The van der Waals surface area contributed by atoms with Gasteiger partial charge in [-0.25, -0.2) is 0 Å². The number of hydrogen-bond acceptors (Lipinski definition) is 2. The van der Waals surface area contributed by atoms with E-state index in [1.165, 1.54) is 0 Å². The third-order valence-electron chi connectivity index (χ3n) is 2.10. The minimum atomic E-state index is -0.232. The first-order valence-electron chi connectivity index (χ1n) is 4.73. The van der Waals surface area contributed by atoms with Crippen LogP contribution in [-0.4, -0.2) is 23.7 Å². The Morgan fingerprint density at radius 1 is 1.60 bits per heavy atom. The summed E-state index contributed by atoms with van der Waals surface area (Å²) in [7, 11) is 0. The second-order valence-electron chi connectivity index (χ2n) is 3.49. The minimum Gasteiger partial charge on any atom is -0.394 e. The summed E-state index contributed by atoms with van der Waals surface area (Å²) in [6.45, 7) is 3.57. The zero-order valence-corrected chi connectivity index (χ0v) is 10.3. The summed E-state index contributed by atoms with van der Waals surface area (Å²) in [5.74, 6) is -0.165. The topological polar surface area (TPSA) is 49.3 Å². The highest BCUT2D eigenvalue weighted by Crippen LogP contribution is 2.19. The first-order valence-corrected chi connectivity index (χ1v) is 5.52. The van der Waals surface area contributed by atoms with E-state index in [9.17, 15) is 4.79 Å². The van der Waals surface area contributed by atoms with E-state index >= 15 is 0 Å². The monoisotopic (exact) mass is 271 g/mol. The summed E-state index contributed by atoms with van der Waals surface area (Å²) in [6, 6.07) is 5.35. The Morgan fingerprint density at radius 3 is 2.80 bits per heavy atom. The van der Waals surface area contributed by atoms with Gasteiger partial charge in [0.2, 0.25) is 0 Å². The molecule has 0 aliphatic heterocycles. The molecule has 0 aliphatic rings.